The first-order valence-corrected chi connectivity index (χ1v) is 7.86. The van der Waals surface area contributed by atoms with Crippen LogP contribution in [0.3, 0.4) is 0 Å². The summed E-state index contributed by atoms with van der Waals surface area (Å²) in [6.07, 6.45) is 18.9. The third-order valence-electron chi connectivity index (χ3n) is 3.15. The monoisotopic (exact) mass is 292 g/mol. The normalized spacial score (nSPS) is 11.2. The summed E-state index contributed by atoms with van der Waals surface area (Å²) >= 11 is 0. The van der Waals surface area contributed by atoms with Crippen molar-refractivity contribution < 1.29 is 14.7 Å². The number of carboxylic acids is 1. The fraction of sp³-hybridized carbons (Fsp3) is 0.556. The topological polar surface area (TPSA) is 54.4 Å². The zero-order valence-electron chi connectivity index (χ0n) is 12.9. The number of unbranched alkanes of at least 4 members (excludes halogenated alkanes) is 7. The van der Waals surface area contributed by atoms with Crippen molar-refractivity contribution in [3.63, 3.8) is 0 Å². The van der Waals surface area contributed by atoms with Crippen LogP contribution in [0.4, 0.5) is 0 Å². The van der Waals surface area contributed by atoms with E-state index < -0.39 is 5.97 Å². The summed E-state index contributed by atoms with van der Waals surface area (Å²) in [5, 5.41) is 8.39. The Kier molecular flexibility index (Phi) is 13.6. The molecule has 0 radical (unpaired) electrons. The van der Waals surface area contributed by atoms with Crippen molar-refractivity contribution >= 4 is 11.8 Å². The maximum atomic E-state index is 11.3. The lowest BCUT2D eigenvalue weighted by atomic mass is 10.1. The standard InChI is InChI=1S/C18H28O3/c1-2-3-4-5-6-7-8-9-10-11-12-13-14-17(19)15-16-18(20)21/h2,7-8,15-16H,1,3-6,9-14H2,(H,20,21). The van der Waals surface area contributed by atoms with Gasteiger partial charge in [-0.25, -0.2) is 4.79 Å². The molecule has 0 aromatic heterocycles. The van der Waals surface area contributed by atoms with E-state index in [0.29, 0.717) is 6.42 Å². The van der Waals surface area contributed by atoms with Crippen LogP contribution < -0.4 is 0 Å². The molecule has 0 rings (SSSR count). The van der Waals surface area contributed by atoms with Crippen molar-refractivity contribution in [1.29, 1.82) is 0 Å². The van der Waals surface area contributed by atoms with Gasteiger partial charge in [-0.2, -0.15) is 0 Å². The van der Waals surface area contributed by atoms with Crippen LogP contribution >= 0.6 is 0 Å². The molecule has 0 bridgehead atoms. The van der Waals surface area contributed by atoms with Gasteiger partial charge in [0.15, 0.2) is 5.78 Å². The number of carbonyl (C=O) groups is 2. The predicted molar refractivity (Wildman–Crippen MR) is 87.3 cm³/mol. The summed E-state index contributed by atoms with van der Waals surface area (Å²) in [7, 11) is 0. The van der Waals surface area contributed by atoms with Crippen LogP contribution in [-0.4, -0.2) is 16.9 Å². The van der Waals surface area contributed by atoms with Gasteiger partial charge in [0.25, 0.3) is 0 Å². The molecule has 0 spiro atoms. The zero-order valence-corrected chi connectivity index (χ0v) is 12.9. The fourth-order valence-corrected chi connectivity index (χ4v) is 1.95. The minimum Gasteiger partial charge on any atom is -0.478 e. The lowest BCUT2D eigenvalue weighted by Gasteiger charge is -1.98. The Labute approximate surface area is 128 Å². The van der Waals surface area contributed by atoms with E-state index in [9.17, 15) is 9.59 Å². The van der Waals surface area contributed by atoms with Gasteiger partial charge in [0, 0.05) is 12.5 Å². The molecule has 0 atom stereocenters. The van der Waals surface area contributed by atoms with Crippen LogP contribution in [0, 0.1) is 0 Å². The highest BCUT2D eigenvalue weighted by atomic mass is 16.4. The number of carbonyl (C=O) groups excluding carboxylic acids is 1. The Hall–Kier alpha value is -1.64. The van der Waals surface area contributed by atoms with Crippen LogP contribution in [-0.2, 0) is 9.59 Å². The maximum absolute atomic E-state index is 11.3. The van der Waals surface area contributed by atoms with Crippen molar-refractivity contribution in [2.45, 2.75) is 64.2 Å². The van der Waals surface area contributed by atoms with Crippen LogP contribution in [0.1, 0.15) is 64.2 Å². The minimum atomic E-state index is -1.07. The van der Waals surface area contributed by atoms with Gasteiger partial charge in [-0.1, -0.05) is 31.1 Å². The van der Waals surface area contributed by atoms with Crippen molar-refractivity contribution in [3.05, 3.63) is 37.0 Å². The van der Waals surface area contributed by atoms with Crippen LogP contribution in [0.25, 0.3) is 0 Å². The number of allylic oxidation sites excluding steroid dienone is 4. The van der Waals surface area contributed by atoms with Crippen molar-refractivity contribution in [3.8, 4) is 0 Å². The SMILES string of the molecule is C=CCCCCC=CCCCCCCC(=O)C=CC(=O)O. The van der Waals surface area contributed by atoms with E-state index in [2.05, 4.69) is 18.7 Å². The van der Waals surface area contributed by atoms with Gasteiger partial charge < -0.3 is 5.11 Å². The fourth-order valence-electron chi connectivity index (χ4n) is 1.95. The van der Waals surface area contributed by atoms with Gasteiger partial charge in [-0.15, -0.1) is 6.58 Å². The summed E-state index contributed by atoms with van der Waals surface area (Å²) < 4.78 is 0. The van der Waals surface area contributed by atoms with Crippen molar-refractivity contribution in [2.75, 3.05) is 0 Å². The number of aliphatic carboxylic acids is 1. The van der Waals surface area contributed by atoms with Gasteiger partial charge in [0.2, 0.25) is 0 Å². The van der Waals surface area contributed by atoms with E-state index in [0.717, 1.165) is 57.1 Å². The maximum Gasteiger partial charge on any atom is 0.328 e. The van der Waals surface area contributed by atoms with Gasteiger partial charge >= 0.3 is 5.97 Å². The van der Waals surface area contributed by atoms with E-state index >= 15 is 0 Å². The molecule has 0 amide bonds. The van der Waals surface area contributed by atoms with Crippen molar-refractivity contribution in [1.82, 2.24) is 0 Å². The Morgan fingerprint density at radius 2 is 1.38 bits per heavy atom. The molecule has 0 fully saturated rings. The molecule has 0 saturated heterocycles. The van der Waals surface area contributed by atoms with E-state index in [1.54, 1.807) is 0 Å². The summed E-state index contributed by atoms with van der Waals surface area (Å²) in [6, 6.07) is 0. The molecule has 0 aliphatic carbocycles. The lowest BCUT2D eigenvalue weighted by Crippen LogP contribution is -1.95. The largest absolute Gasteiger partial charge is 0.478 e. The molecule has 3 heteroatoms. The Bertz CT molecular complexity index is 353. The summed E-state index contributed by atoms with van der Waals surface area (Å²) in [5.74, 6) is -1.17. The molecule has 0 aliphatic rings. The average molecular weight is 292 g/mol. The number of hydrogen-bond donors (Lipinski definition) is 1. The molecule has 0 saturated carbocycles. The molecule has 0 aromatic rings. The van der Waals surface area contributed by atoms with Crippen LogP contribution in [0.2, 0.25) is 0 Å². The molecule has 3 nitrogen and oxygen atoms in total. The van der Waals surface area contributed by atoms with Gasteiger partial charge in [-0.05, 0) is 51.0 Å². The second-order valence-electron chi connectivity index (χ2n) is 5.14. The average Bonchev–Trinajstić information content (AvgIpc) is 2.46. The lowest BCUT2D eigenvalue weighted by molar-refractivity contribution is -0.131. The number of carboxylic acid groups (broad SMARTS) is 1. The third-order valence-corrected chi connectivity index (χ3v) is 3.15. The van der Waals surface area contributed by atoms with Gasteiger partial charge in [-0.3, -0.25) is 4.79 Å². The van der Waals surface area contributed by atoms with Gasteiger partial charge in [0.1, 0.15) is 0 Å². The second kappa shape index (κ2) is 14.8. The highest BCUT2D eigenvalue weighted by molar-refractivity contribution is 5.95. The summed E-state index contributed by atoms with van der Waals surface area (Å²) in [5.41, 5.74) is 0. The first-order chi connectivity index (χ1) is 10.2. The first-order valence-electron chi connectivity index (χ1n) is 7.86. The van der Waals surface area contributed by atoms with E-state index in [1.165, 1.54) is 12.8 Å². The zero-order chi connectivity index (χ0) is 15.8. The first kappa shape index (κ1) is 19.4. The molecule has 0 aliphatic heterocycles. The molecule has 0 unspecified atom stereocenters. The van der Waals surface area contributed by atoms with Crippen LogP contribution in [0.5, 0.6) is 0 Å². The van der Waals surface area contributed by atoms with Gasteiger partial charge in [0.05, 0.1) is 0 Å². The second-order valence-corrected chi connectivity index (χ2v) is 5.14. The molecular weight excluding hydrogens is 264 g/mol. The molecule has 118 valence electrons. The Balaban J connectivity index is 3.32. The number of hydrogen-bond acceptors (Lipinski definition) is 2. The molecular formula is C18H28O3. The highest BCUT2D eigenvalue weighted by Crippen LogP contribution is 2.08. The predicted octanol–water partition coefficient (Wildman–Crippen LogP) is 4.84. The summed E-state index contributed by atoms with van der Waals surface area (Å²) in [4.78, 5) is 21.5. The van der Waals surface area contributed by atoms with E-state index in [-0.39, 0.29) is 5.78 Å². The molecule has 21 heavy (non-hydrogen) atoms. The van der Waals surface area contributed by atoms with E-state index in [1.807, 2.05) is 6.08 Å². The molecule has 0 aromatic carbocycles. The third kappa shape index (κ3) is 16.3. The Morgan fingerprint density at radius 3 is 2.00 bits per heavy atom. The van der Waals surface area contributed by atoms with E-state index in [4.69, 9.17) is 5.11 Å². The molecule has 0 heterocycles. The quantitative estimate of drug-likeness (QED) is 0.283. The minimum absolute atomic E-state index is 0.100. The number of rotatable bonds is 14. The van der Waals surface area contributed by atoms with Crippen molar-refractivity contribution in [2.24, 2.45) is 0 Å². The Morgan fingerprint density at radius 1 is 0.810 bits per heavy atom. The summed E-state index contributed by atoms with van der Waals surface area (Å²) in [6.45, 7) is 3.70. The highest BCUT2D eigenvalue weighted by Gasteiger charge is 1.97. The molecule has 1 N–H and O–H groups in total. The smallest absolute Gasteiger partial charge is 0.328 e. The number of ketones is 1. The van der Waals surface area contributed by atoms with Crippen LogP contribution in [0.15, 0.2) is 37.0 Å².